The summed E-state index contributed by atoms with van der Waals surface area (Å²) in [7, 11) is 1.55. The minimum atomic E-state index is -0.646. The summed E-state index contributed by atoms with van der Waals surface area (Å²) in [4.78, 5) is 24.5. The molecule has 0 spiro atoms. The van der Waals surface area contributed by atoms with Crippen LogP contribution in [0.15, 0.2) is 56.8 Å². The molecule has 0 radical (unpaired) electrons. The van der Waals surface area contributed by atoms with E-state index in [0.29, 0.717) is 17.1 Å². The maximum atomic E-state index is 13.2. The first kappa shape index (κ1) is 20.0. The van der Waals surface area contributed by atoms with Crippen LogP contribution in [-0.2, 0) is 4.79 Å². The first-order valence-corrected chi connectivity index (χ1v) is 9.35. The van der Waals surface area contributed by atoms with E-state index in [1.54, 1.807) is 38.3 Å². The Bertz CT molecular complexity index is 1050. The maximum absolute atomic E-state index is 13.2. The van der Waals surface area contributed by atoms with Crippen LogP contribution in [0.25, 0.3) is 5.69 Å². The zero-order valence-corrected chi connectivity index (χ0v) is 16.4. The van der Waals surface area contributed by atoms with Crippen LogP contribution in [0.4, 0.5) is 10.1 Å². The number of nitrogens with zero attached hydrogens (tertiary/aromatic N) is 1. The van der Waals surface area contributed by atoms with Gasteiger partial charge in [-0.15, -0.1) is 0 Å². The Balaban J connectivity index is 1.77. The molecular weight excluding hydrogens is 409 g/mol. The van der Waals surface area contributed by atoms with Crippen LogP contribution in [0.1, 0.15) is 6.92 Å². The third-order valence-electron chi connectivity index (χ3n) is 3.78. The van der Waals surface area contributed by atoms with E-state index in [2.05, 4.69) is 10.6 Å². The predicted molar refractivity (Wildman–Crippen MR) is 103 cm³/mol. The number of aromatic amines is 1. The monoisotopic (exact) mass is 424 g/mol. The summed E-state index contributed by atoms with van der Waals surface area (Å²) in [5.41, 5.74) is 0.380. The fraction of sp³-hybridized carbons (Fsp3) is 0.167. The first-order chi connectivity index (χ1) is 13.4. The molecule has 146 valence electrons. The lowest BCUT2D eigenvalue weighted by atomic mass is 10.3. The van der Waals surface area contributed by atoms with E-state index in [1.807, 2.05) is 0 Å². The van der Waals surface area contributed by atoms with Gasteiger partial charge in [-0.05, 0) is 59.0 Å². The zero-order valence-electron chi connectivity index (χ0n) is 14.9. The van der Waals surface area contributed by atoms with E-state index in [1.165, 1.54) is 16.8 Å². The molecule has 28 heavy (non-hydrogen) atoms. The van der Waals surface area contributed by atoms with E-state index in [4.69, 9.17) is 20.9 Å². The summed E-state index contributed by atoms with van der Waals surface area (Å²) in [6, 6.07) is 10.8. The summed E-state index contributed by atoms with van der Waals surface area (Å²) >= 11 is 6.74. The molecule has 0 fully saturated rings. The molecule has 2 aromatic carbocycles. The van der Waals surface area contributed by atoms with Crippen molar-refractivity contribution in [1.29, 1.82) is 0 Å². The van der Waals surface area contributed by atoms with Crippen molar-refractivity contribution in [1.82, 2.24) is 5.27 Å². The van der Waals surface area contributed by atoms with Gasteiger partial charge in [-0.2, -0.15) is 0 Å². The number of anilines is 1. The van der Waals surface area contributed by atoms with Gasteiger partial charge in [0.15, 0.2) is 0 Å². The van der Waals surface area contributed by atoms with Crippen LogP contribution in [0, 0.1) is 5.82 Å². The molecule has 1 amide bonds. The van der Waals surface area contributed by atoms with Crippen LogP contribution >= 0.6 is 23.4 Å². The Labute approximate surface area is 168 Å². The third-order valence-corrected chi connectivity index (χ3v) is 5.21. The molecule has 7 nitrogen and oxygen atoms in total. The van der Waals surface area contributed by atoms with Crippen molar-refractivity contribution in [3.05, 3.63) is 63.7 Å². The highest BCUT2D eigenvalue weighted by Gasteiger charge is 2.29. The Hall–Kier alpha value is -2.78. The molecule has 10 heteroatoms. The number of benzene rings is 2. The fourth-order valence-electron chi connectivity index (χ4n) is 2.30. The van der Waals surface area contributed by atoms with Gasteiger partial charge in [0.25, 0.3) is 0 Å². The molecule has 1 heterocycles. The van der Waals surface area contributed by atoms with Crippen LogP contribution in [0.2, 0.25) is 5.02 Å². The molecule has 2 N–H and O–H groups in total. The van der Waals surface area contributed by atoms with Gasteiger partial charge in [0, 0.05) is 17.8 Å². The van der Waals surface area contributed by atoms with Gasteiger partial charge < -0.3 is 10.1 Å². The van der Waals surface area contributed by atoms with Crippen molar-refractivity contribution >= 4 is 35.0 Å². The maximum Gasteiger partial charge on any atom is 0.442 e. The number of H-pyrrole nitrogens is 1. The number of amides is 1. The summed E-state index contributed by atoms with van der Waals surface area (Å²) in [5.74, 6) is -0.294. The summed E-state index contributed by atoms with van der Waals surface area (Å²) in [6.07, 6.45) is 0. The first-order valence-electron chi connectivity index (χ1n) is 8.09. The highest BCUT2D eigenvalue weighted by atomic mass is 35.5. The smallest absolute Gasteiger partial charge is 0.442 e. The molecule has 0 saturated heterocycles. The topological polar surface area (TPSA) is 88.2 Å². The Morgan fingerprint density at radius 2 is 2.04 bits per heavy atom. The van der Waals surface area contributed by atoms with Crippen LogP contribution < -0.4 is 20.4 Å². The lowest BCUT2D eigenvalue weighted by Crippen LogP contribution is -2.37. The number of nitrogens with one attached hydrogen (secondary N) is 2. The van der Waals surface area contributed by atoms with Crippen molar-refractivity contribution < 1.29 is 23.1 Å². The lowest BCUT2D eigenvalue weighted by Gasteiger charge is -2.10. The number of hydrogen-bond acceptors (Lipinski definition) is 5. The average molecular weight is 425 g/mol. The number of thioether (sulfide) groups is 1. The van der Waals surface area contributed by atoms with Crippen LogP contribution in [0.5, 0.6) is 5.75 Å². The summed E-state index contributed by atoms with van der Waals surface area (Å²) in [5, 5.41) is 4.61. The molecule has 3 rings (SSSR count). The Kier molecular flexibility index (Phi) is 6.05. The highest BCUT2D eigenvalue weighted by Crippen LogP contribution is 2.23. The molecule has 0 aliphatic heterocycles. The SMILES string of the molecule is COc1ccc(-[n+]2[nH]oc(=O)c2SC(C)C(=O)Nc2ccc(F)c(Cl)c2)cc1. The second-order valence-electron chi connectivity index (χ2n) is 5.70. The number of carbonyl (C=O) groups is 1. The van der Waals surface area contributed by atoms with E-state index in [-0.39, 0.29) is 16.0 Å². The van der Waals surface area contributed by atoms with Gasteiger partial charge in [-0.25, -0.2) is 9.18 Å². The van der Waals surface area contributed by atoms with Crippen molar-refractivity contribution in [3.63, 3.8) is 0 Å². The molecule has 3 aromatic rings. The zero-order chi connectivity index (χ0) is 20.3. The quantitative estimate of drug-likeness (QED) is 0.468. The number of hydrogen-bond donors (Lipinski definition) is 2. The fourth-order valence-corrected chi connectivity index (χ4v) is 3.37. The average Bonchev–Trinajstić information content (AvgIpc) is 3.05. The molecular formula is C18H16ClFN3O4S+. The van der Waals surface area contributed by atoms with Crippen molar-refractivity contribution in [2.45, 2.75) is 17.2 Å². The van der Waals surface area contributed by atoms with Crippen molar-refractivity contribution in [2.24, 2.45) is 0 Å². The standard InChI is InChI=1S/C18H15ClFN3O4S/c1-10(16(24)21-11-3-8-15(20)14(19)9-11)28-17-18(25)27-22-23(17)12-4-6-13(26-2)7-5-12/h3-10H,1-2H3,(H-,21,22,24,25)/p+1. The number of aromatic nitrogens is 2. The van der Waals surface area contributed by atoms with E-state index in [0.717, 1.165) is 17.8 Å². The van der Waals surface area contributed by atoms with Crippen LogP contribution in [-0.4, -0.2) is 23.5 Å². The Morgan fingerprint density at radius 3 is 2.68 bits per heavy atom. The van der Waals surface area contributed by atoms with Gasteiger partial charge >= 0.3 is 10.7 Å². The molecule has 0 aliphatic rings. The number of halogens is 2. The normalized spacial score (nSPS) is 11.9. The molecule has 1 atom stereocenters. The van der Waals surface area contributed by atoms with Gasteiger partial charge in [0.1, 0.15) is 11.6 Å². The predicted octanol–water partition coefficient (Wildman–Crippen LogP) is 3.17. The summed E-state index contributed by atoms with van der Waals surface area (Å²) < 4.78 is 24.7. The summed E-state index contributed by atoms with van der Waals surface area (Å²) in [6.45, 7) is 1.63. The molecule has 1 unspecified atom stereocenters. The molecule has 0 saturated carbocycles. The minimum absolute atomic E-state index is 0.0956. The van der Waals surface area contributed by atoms with Gasteiger partial charge in [0.2, 0.25) is 11.6 Å². The van der Waals surface area contributed by atoms with Crippen molar-refractivity contribution in [3.8, 4) is 11.4 Å². The molecule has 0 bridgehead atoms. The third kappa shape index (κ3) is 4.37. The molecule has 1 aromatic heterocycles. The number of methoxy groups -OCH3 is 1. The van der Waals surface area contributed by atoms with E-state index in [9.17, 15) is 14.0 Å². The van der Waals surface area contributed by atoms with Crippen molar-refractivity contribution in [2.75, 3.05) is 12.4 Å². The second kappa shape index (κ2) is 8.49. The Morgan fingerprint density at radius 1 is 1.32 bits per heavy atom. The van der Waals surface area contributed by atoms with Gasteiger partial charge in [-0.3, -0.25) is 9.32 Å². The van der Waals surface area contributed by atoms with Gasteiger partial charge in [-0.1, -0.05) is 11.6 Å². The number of rotatable bonds is 6. The largest absolute Gasteiger partial charge is 0.497 e. The minimum Gasteiger partial charge on any atom is -0.497 e. The number of carbonyl (C=O) groups excluding carboxylic acids is 1. The lowest BCUT2D eigenvalue weighted by molar-refractivity contribution is -0.704. The van der Waals surface area contributed by atoms with Gasteiger partial charge in [0.05, 0.1) is 17.4 Å². The second-order valence-corrected chi connectivity index (χ2v) is 7.43. The van der Waals surface area contributed by atoms with E-state index < -0.39 is 16.7 Å². The molecule has 0 aliphatic carbocycles. The van der Waals surface area contributed by atoms with E-state index >= 15 is 0 Å². The highest BCUT2D eigenvalue weighted by molar-refractivity contribution is 8.00. The van der Waals surface area contributed by atoms with Crippen LogP contribution in [0.3, 0.4) is 0 Å². The number of ether oxygens (including phenoxy) is 1.